The van der Waals surface area contributed by atoms with E-state index < -0.39 is 0 Å². The second-order valence-electron chi connectivity index (χ2n) is 2.03. The van der Waals surface area contributed by atoms with Gasteiger partial charge in [0.25, 0.3) is 0 Å². The summed E-state index contributed by atoms with van der Waals surface area (Å²) >= 11 is 2.99. The summed E-state index contributed by atoms with van der Waals surface area (Å²) in [6, 6.07) is 10.4. The zero-order valence-electron chi connectivity index (χ0n) is 5.56. The van der Waals surface area contributed by atoms with Crippen LogP contribution in [0.1, 0.15) is 5.56 Å². The van der Waals surface area contributed by atoms with Gasteiger partial charge in [0, 0.05) is 0 Å². The van der Waals surface area contributed by atoms with Gasteiger partial charge in [-0.05, 0) is 0 Å². The molecule has 0 heterocycles. The van der Waals surface area contributed by atoms with E-state index in [0.29, 0.717) is 0 Å². The Morgan fingerprint density at radius 2 is 1.90 bits per heavy atom. The summed E-state index contributed by atoms with van der Waals surface area (Å²) in [5.41, 5.74) is 1.35. The Morgan fingerprint density at radius 3 is 2.50 bits per heavy atom. The molecule has 0 atom stereocenters. The SMILES string of the molecule is [Pd][CH]=CCc1ccccc1. The van der Waals surface area contributed by atoms with Gasteiger partial charge in [-0.1, -0.05) is 0 Å². The molecule has 0 bridgehead atoms. The predicted octanol–water partition coefficient (Wildman–Crippen LogP) is 2.29. The summed E-state index contributed by atoms with van der Waals surface area (Å²) < 4.78 is 1.93. The molecule has 0 N–H and O–H groups in total. The van der Waals surface area contributed by atoms with Gasteiger partial charge in [-0.3, -0.25) is 0 Å². The van der Waals surface area contributed by atoms with Crippen molar-refractivity contribution in [1.29, 1.82) is 0 Å². The van der Waals surface area contributed by atoms with Crippen molar-refractivity contribution < 1.29 is 19.2 Å². The van der Waals surface area contributed by atoms with Crippen LogP contribution < -0.4 is 0 Å². The molecule has 0 nitrogen and oxygen atoms in total. The average Bonchev–Trinajstić information content (AvgIpc) is 2.03. The fourth-order valence-electron chi connectivity index (χ4n) is 0.787. The zero-order valence-corrected chi connectivity index (χ0v) is 7.12. The number of hydrogen-bond donors (Lipinski definition) is 0. The first-order valence-corrected chi connectivity index (χ1v) is 4.09. The first-order valence-electron chi connectivity index (χ1n) is 3.19. The molecule has 55 valence electrons. The molecule has 10 heavy (non-hydrogen) atoms. The van der Waals surface area contributed by atoms with Crippen LogP contribution in [0.4, 0.5) is 0 Å². The van der Waals surface area contributed by atoms with Crippen molar-refractivity contribution in [1.82, 2.24) is 0 Å². The molecule has 0 saturated heterocycles. The third kappa shape index (κ3) is 2.47. The monoisotopic (exact) mass is 223 g/mol. The number of hydrogen-bond acceptors (Lipinski definition) is 0. The summed E-state index contributed by atoms with van der Waals surface area (Å²) in [7, 11) is 0. The summed E-state index contributed by atoms with van der Waals surface area (Å²) in [6.07, 6.45) is 3.11. The van der Waals surface area contributed by atoms with Gasteiger partial charge in [0.1, 0.15) is 0 Å². The molecule has 0 aliphatic rings. The van der Waals surface area contributed by atoms with E-state index in [0.717, 1.165) is 6.42 Å². The quantitative estimate of drug-likeness (QED) is 0.675. The van der Waals surface area contributed by atoms with Crippen LogP contribution >= 0.6 is 0 Å². The van der Waals surface area contributed by atoms with Crippen molar-refractivity contribution in [3.8, 4) is 0 Å². The van der Waals surface area contributed by atoms with Gasteiger partial charge in [-0.2, -0.15) is 0 Å². The second-order valence-corrected chi connectivity index (χ2v) is 2.55. The van der Waals surface area contributed by atoms with Gasteiger partial charge >= 0.3 is 72.1 Å². The summed E-state index contributed by atoms with van der Waals surface area (Å²) in [5, 5.41) is 0. The van der Waals surface area contributed by atoms with E-state index in [2.05, 4.69) is 49.5 Å². The molecule has 0 aliphatic carbocycles. The Bertz CT molecular complexity index is 201. The van der Waals surface area contributed by atoms with E-state index in [1.165, 1.54) is 5.56 Å². The first kappa shape index (κ1) is 7.73. The fraction of sp³-hybridized carbons (Fsp3) is 0.111. The summed E-state index contributed by atoms with van der Waals surface area (Å²) in [4.78, 5) is 0. The van der Waals surface area contributed by atoms with Crippen LogP contribution in [0.15, 0.2) is 41.0 Å². The molecule has 1 heteroatoms. The summed E-state index contributed by atoms with van der Waals surface area (Å²) in [6.45, 7) is 0. The van der Waals surface area contributed by atoms with Crippen molar-refractivity contribution in [2.75, 3.05) is 0 Å². The van der Waals surface area contributed by atoms with Crippen LogP contribution in [0.2, 0.25) is 0 Å². The normalized spacial score (nSPS) is 10.6. The van der Waals surface area contributed by atoms with E-state index in [1.807, 2.05) is 10.6 Å². The molecule has 0 amide bonds. The Balaban J connectivity index is 2.59. The molecule has 1 aromatic rings. The van der Waals surface area contributed by atoms with Crippen LogP contribution in [0.3, 0.4) is 0 Å². The first-order chi connectivity index (χ1) is 4.93. The Labute approximate surface area is 72.4 Å². The molecular weight excluding hydrogens is 215 g/mol. The number of allylic oxidation sites excluding steroid dienone is 1. The molecule has 0 aliphatic heterocycles. The Hall–Kier alpha value is -0.378. The van der Waals surface area contributed by atoms with Crippen LogP contribution in [-0.2, 0) is 25.6 Å². The summed E-state index contributed by atoms with van der Waals surface area (Å²) in [5.74, 6) is 0. The van der Waals surface area contributed by atoms with Crippen LogP contribution in [0.5, 0.6) is 0 Å². The molecule has 0 unspecified atom stereocenters. The van der Waals surface area contributed by atoms with E-state index in [1.54, 1.807) is 0 Å². The molecule has 0 fully saturated rings. The van der Waals surface area contributed by atoms with E-state index >= 15 is 0 Å². The predicted molar refractivity (Wildman–Crippen MR) is 39.3 cm³/mol. The van der Waals surface area contributed by atoms with E-state index in [-0.39, 0.29) is 0 Å². The average molecular weight is 224 g/mol. The molecular formula is C9H9Pd. The van der Waals surface area contributed by atoms with Crippen molar-refractivity contribution in [3.63, 3.8) is 0 Å². The number of benzene rings is 1. The van der Waals surface area contributed by atoms with Crippen molar-refractivity contribution >= 4 is 0 Å². The van der Waals surface area contributed by atoms with Crippen molar-refractivity contribution in [3.05, 3.63) is 46.5 Å². The molecule has 0 aromatic heterocycles. The van der Waals surface area contributed by atoms with Gasteiger partial charge in [-0.15, -0.1) is 0 Å². The minimum absolute atomic E-state index is 1.02. The van der Waals surface area contributed by atoms with Crippen LogP contribution in [0.25, 0.3) is 0 Å². The molecule has 0 radical (unpaired) electrons. The molecule has 1 rings (SSSR count). The van der Waals surface area contributed by atoms with Gasteiger partial charge in [0.05, 0.1) is 0 Å². The molecule has 0 spiro atoms. The maximum atomic E-state index is 2.99. The van der Waals surface area contributed by atoms with Crippen molar-refractivity contribution in [2.24, 2.45) is 0 Å². The third-order valence-corrected chi connectivity index (χ3v) is 1.64. The minimum atomic E-state index is 1.02. The second kappa shape index (κ2) is 4.44. The van der Waals surface area contributed by atoms with Gasteiger partial charge < -0.3 is 0 Å². The van der Waals surface area contributed by atoms with Crippen LogP contribution in [-0.4, -0.2) is 0 Å². The molecule has 0 saturated carbocycles. The topological polar surface area (TPSA) is 0 Å². The maximum absolute atomic E-state index is 2.99. The van der Waals surface area contributed by atoms with Crippen molar-refractivity contribution in [2.45, 2.75) is 6.42 Å². The number of rotatable bonds is 2. The molecule has 1 aromatic carbocycles. The fourth-order valence-corrected chi connectivity index (χ4v) is 0.971. The van der Waals surface area contributed by atoms with E-state index in [4.69, 9.17) is 0 Å². The zero-order chi connectivity index (χ0) is 7.23. The van der Waals surface area contributed by atoms with Gasteiger partial charge in [-0.25, -0.2) is 0 Å². The van der Waals surface area contributed by atoms with Gasteiger partial charge in [0.2, 0.25) is 0 Å². The van der Waals surface area contributed by atoms with Gasteiger partial charge in [0.15, 0.2) is 0 Å². The van der Waals surface area contributed by atoms with Crippen LogP contribution in [0, 0.1) is 0 Å². The standard InChI is InChI=1S/C9H9.Pd/c1-2-6-9-7-4-3-5-8-9;/h1-5,7-8H,6H2;. The Kier molecular flexibility index (Phi) is 3.43. The Morgan fingerprint density at radius 1 is 1.20 bits per heavy atom. The third-order valence-electron chi connectivity index (χ3n) is 1.27. The van der Waals surface area contributed by atoms with E-state index in [9.17, 15) is 0 Å².